The van der Waals surface area contributed by atoms with Gasteiger partial charge in [-0.2, -0.15) is 0 Å². The predicted molar refractivity (Wildman–Crippen MR) is 85.4 cm³/mol. The van der Waals surface area contributed by atoms with E-state index in [9.17, 15) is 8.42 Å². The molecule has 2 rings (SSSR count). The van der Waals surface area contributed by atoms with Crippen LogP contribution in [0.2, 0.25) is 0 Å². The summed E-state index contributed by atoms with van der Waals surface area (Å²) in [6.07, 6.45) is 2.63. The lowest BCUT2D eigenvalue weighted by molar-refractivity contribution is 0.410. The standard InChI is InChI=1S/C14H15BrN2O3S/c1-20-13-5-3-11(15)7-10(13)8-16-12-4-6-14(17-9-12)21(2,18)19/h3-7,9,16H,8H2,1-2H3. The van der Waals surface area contributed by atoms with Crippen LogP contribution in [0.5, 0.6) is 5.75 Å². The molecular weight excluding hydrogens is 356 g/mol. The van der Waals surface area contributed by atoms with E-state index in [-0.39, 0.29) is 5.03 Å². The molecule has 0 amide bonds. The molecule has 2 aromatic rings. The van der Waals surface area contributed by atoms with E-state index < -0.39 is 9.84 Å². The average Bonchev–Trinajstić information content (AvgIpc) is 2.45. The van der Waals surface area contributed by atoms with Gasteiger partial charge in [0.05, 0.1) is 19.0 Å². The zero-order chi connectivity index (χ0) is 15.5. The number of halogens is 1. The van der Waals surface area contributed by atoms with Gasteiger partial charge in [-0.15, -0.1) is 0 Å². The smallest absolute Gasteiger partial charge is 0.192 e. The van der Waals surface area contributed by atoms with Crippen LogP contribution in [0.4, 0.5) is 5.69 Å². The summed E-state index contributed by atoms with van der Waals surface area (Å²) in [5, 5.41) is 3.25. The van der Waals surface area contributed by atoms with E-state index in [4.69, 9.17) is 4.74 Å². The molecule has 21 heavy (non-hydrogen) atoms. The van der Waals surface area contributed by atoms with Gasteiger partial charge in [0.25, 0.3) is 0 Å². The maximum absolute atomic E-state index is 11.3. The van der Waals surface area contributed by atoms with Crippen LogP contribution in [0.1, 0.15) is 5.56 Å². The molecule has 1 aromatic heterocycles. The zero-order valence-corrected chi connectivity index (χ0v) is 14.0. The second-order valence-electron chi connectivity index (χ2n) is 4.47. The monoisotopic (exact) mass is 370 g/mol. The van der Waals surface area contributed by atoms with Gasteiger partial charge in [0.2, 0.25) is 0 Å². The predicted octanol–water partition coefficient (Wildman–Crippen LogP) is 2.87. The highest BCUT2D eigenvalue weighted by Crippen LogP contribution is 2.24. The maximum Gasteiger partial charge on any atom is 0.192 e. The minimum absolute atomic E-state index is 0.0630. The molecule has 1 aromatic carbocycles. The highest BCUT2D eigenvalue weighted by molar-refractivity contribution is 9.10. The van der Waals surface area contributed by atoms with E-state index in [1.165, 1.54) is 12.3 Å². The third kappa shape index (κ3) is 4.18. The van der Waals surface area contributed by atoms with Gasteiger partial charge in [-0.25, -0.2) is 13.4 Å². The lowest BCUT2D eigenvalue weighted by atomic mass is 10.2. The molecule has 1 heterocycles. The van der Waals surface area contributed by atoms with Gasteiger partial charge in [0, 0.05) is 22.8 Å². The lowest BCUT2D eigenvalue weighted by Crippen LogP contribution is -2.04. The van der Waals surface area contributed by atoms with Crippen LogP contribution in [0, 0.1) is 0 Å². The van der Waals surface area contributed by atoms with Gasteiger partial charge >= 0.3 is 0 Å². The van der Waals surface area contributed by atoms with Crippen molar-refractivity contribution in [2.24, 2.45) is 0 Å². The first kappa shape index (κ1) is 15.8. The van der Waals surface area contributed by atoms with Crippen molar-refractivity contribution < 1.29 is 13.2 Å². The Morgan fingerprint density at radius 3 is 2.62 bits per heavy atom. The van der Waals surface area contributed by atoms with E-state index in [1.54, 1.807) is 13.2 Å². The topological polar surface area (TPSA) is 68.3 Å². The summed E-state index contributed by atoms with van der Waals surface area (Å²) in [5.41, 5.74) is 1.73. The summed E-state index contributed by atoms with van der Waals surface area (Å²) in [6, 6.07) is 8.92. The van der Waals surface area contributed by atoms with Crippen LogP contribution >= 0.6 is 15.9 Å². The maximum atomic E-state index is 11.3. The summed E-state index contributed by atoms with van der Waals surface area (Å²) in [7, 11) is -1.65. The number of hydrogen-bond donors (Lipinski definition) is 1. The molecule has 112 valence electrons. The van der Waals surface area contributed by atoms with Gasteiger partial charge in [0.15, 0.2) is 14.9 Å². The zero-order valence-electron chi connectivity index (χ0n) is 11.6. The van der Waals surface area contributed by atoms with Crippen molar-refractivity contribution in [3.8, 4) is 5.75 Å². The number of anilines is 1. The molecule has 0 spiro atoms. The Morgan fingerprint density at radius 1 is 1.29 bits per heavy atom. The van der Waals surface area contributed by atoms with E-state index >= 15 is 0 Å². The quantitative estimate of drug-likeness (QED) is 0.876. The molecular formula is C14H15BrN2O3S. The van der Waals surface area contributed by atoms with Crippen molar-refractivity contribution in [3.05, 3.63) is 46.6 Å². The first-order chi connectivity index (χ1) is 9.90. The molecule has 0 atom stereocenters. The fourth-order valence-corrected chi connectivity index (χ4v) is 2.75. The van der Waals surface area contributed by atoms with E-state index in [0.29, 0.717) is 6.54 Å². The SMILES string of the molecule is COc1ccc(Br)cc1CNc1ccc(S(C)(=O)=O)nc1. The Kier molecular flexibility index (Phi) is 4.84. The highest BCUT2D eigenvalue weighted by atomic mass is 79.9. The number of benzene rings is 1. The molecule has 0 aliphatic rings. The van der Waals surface area contributed by atoms with Crippen molar-refractivity contribution in [3.63, 3.8) is 0 Å². The van der Waals surface area contributed by atoms with Crippen LogP contribution in [-0.4, -0.2) is 26.8 Å². The Balaban J connectivity index is 2.12. The first-order valence-corrected chi connectivity index (χ1v) is 8.81. The second-order valence-corrected chi connectivity index (χ2v) is 7.35. The van der Waals surface area contributed by atoms with Gasteiger partial charge < -0.3 is 10.1 Å². The number of ether oxygens (including phenoxy) is 1. The van der Waals surface area contributed by atoms with E-state index in [2.05, 4.69) is 26.2 Å². The van der Waals surface area contributed by atoms with Crippen molar-refractivity contribution in [2.45, 2.75) is 11.6 Å². The fraction of sp³-hybridized carbons (Fsp3) is 0.214. The minimum atomic E-state index is -3.27. The molecule has 0 saturated carbocycles. The van der Waals surface area contributed by atoms with Crippen LogP contribution in [0.3, 0.4) is 0 Å². The van der Waals surface area contributed by atoms with Gasteiger partial charge in [-0.1, -0.05) is 15.9 Å². The number of nitrogens with zero attached hydrogens (tertiary/aromatic N) is 1. The van der Waals surface area contributed by atoms with Crippen molar-refractivity contribution in [2.75, 3.05) is 18.7 Å². The van der Waals surface area contributed by atoms with Crippen LogP contribution < -0.4 is 10.1 Å². The molecule has 0 bridgehead atoms. The van der Waals surface area contributed by atoms with Crippen molar-refractivity contribution in [1.82, 2.24) is 4.98 Å². The summed E-state index contributed by atoms with van der Waals surface area (Å²) in [6.45, 7) is 0.544. The van der Waals surface area contributed by atoms with Crippen molar-refractivity contribution in [1.29, 1.82) is 0 Å². The minimum Gasteiger partial charge on any atom is -0.496 e. The lowest BCUT2D eigenvalue weighted by Gasteiger charge is -2.11. The second kappa shape index (κ2) is 6.44. The Hall–Kier alpha value is -1.60. The molecule has 0 fully saturated rings. The molecule has 0 aliphatic carbocycles. The molecule has 0 aliphatic heterocycles. The fourth-order valence-electron chi connectivity index (χ4n) is 1.79. The van der Waals surface area contributed by atoms with Crippen LogP contribution in [0.15, 0.2) is 46.0 Å². The number of rotatable bonds is 5. The van der Waals surface area contributed by atoms with E-state index in [0.717, 1.165) is 27.7 Å². The summed E-state index contributed by atoms with van der Waals surface area (Å²) in [5.74, 6) is 0.784. The highest BCUT2D eigenvalue weighted by Gasteiger charge is 2.08. The van der Waals surface area contributed by atoms with Gasteiger partial charge in [-0.05, 0) is 30.3 Å². The van der Waals surface area contributed by atoms with Gasteiger partial charge in [0.1, 0.15) is 5.75 Å². The third-order valence-electron chi connectivity index (χ3n) is 2.84. The van der Waals surface area contributed by atoms with Gasteiger partial charge in [-0.3, -0.25) is 0 Å². The Labute approximate surface area is 132 Å². The van der Waals surface area contributed by atoms with E-state index in [1.807, 2.05) is 18.2 Å². The number of methoxy groups -OCH3 is 1. The number of nitrogens with one attached hydrogen (secondary N) is 1. The van der Waals surface area contributed by atoms with Crippen LogP contribution in [-0.2, 0) is 16.4 Å². The normalized spacial score (nSPS) is 11.2. The third-order valence-corrected chi connectivity index (χ3v) is 4.34. The largest absolute Gasteiger partial charge is 0.496 e. The van der Waals surface area contributed by atoms with Crippen LogP contribution in [0.25, 0.3) is 0 Å². The first-order valence-electron chi connectivity index (χ1n) is 6.12. The number of aromatic nitrogens is 1. The number of hydrogen-bond acceptors (Lipinski definition) is 5. The Morgan fingerprint density at radius 2 is 2.05 bits per heavy atom. The summed E-state index contributed by atoms with van der Waals surface area (Å²) < 4.78 is 28.9. The molecule has 0 radical (unpaired) electrons. The Bertz CT molecular complexity index is 730. The summed E-state index contributed by atoms with van der Waals surface area (Å²) in [4.78, 5) is 3.93. The average molecular weight is 371 g/mol. The molecule has 7 heteroatoms. The summed E-state index contributed by atoms with van der Waals surface area (Å²) >= 11 is 3.42. The molecule has 1 N–H and O–H groups in total. The number of sulfone groups is 1. The molecule has 0 saturated heterocycles. The molecule has 5 nitrogen and oxygen atoms in total. The van der Waals surface area contributed by atoms with Crippen molar-refractivity contribution >= 4 is 31.5 Å². The number of pyridine rings is 1. The molecule has 0 unspecified atom stereocenters.